The number of sulfone groups is 1. The van der Waals surface area contributed by atoms with Crippen molar-refractivity contribution < 1.29 is 32.2 Å². The molecule has 0 aliphatic heterocycles. The number of aromatic nitrogens is 2. The third-order valence-electron chi connectivity index (χ3n) is 5.65. The van der Waals surface area contributed by atoms with Gasteiger partial charge >= 0.3 is 5.97 Å². The Morgan fingerprint density at radius 1 is 0.949 bits per heavy atom. The lowest BCUT2D eigenvalue weighted by molar-refractivity contribution is 0.0526. The number of methoxy groups -OCH3 is 1. The summed E-state index contributed by atoms with van der Waals surface area (Å²) in [6.07, 6.45) is 2.44. The molecule has 39 heavy (non-hydrogen) atoms. The molecule has 0 radical (unpaired) electrons. The summed E-state index contributed by atoms with van der Waals surface area (Å²) in [5.74, 6) is 1.15. The zero-order chi connectivity index (χ0) is 28.0. The fraction of sp³-hybridized carbons (Fsp3) is 0.241. The lowest BCUT2D eigenvalue weighted by atomic mass is 10.1. The van der Waals surface area contributed by atoms with Gasteiger partial charge in [-0.1, -0.05) is 0 Å². The minimum absolute atomic E-state index is 0.201. The highest BCUT2D eigenvalue weighted by molar-refractivity contribution is 7.90. The van der Waals surface area contributed by atoms with Crippen molar-refractivity contribution in [1.29, 1.82) is 0 Å². The SMILES string of the molecule is CCOC(=O)c1ccc(-c2ccc(-c3cc(Oc4ccc(S(C)(=O)=O)cc4)cc(O[C@@H](C)COC)c3)[nH]2)nc1. The number of esters is 1. The Bertz CT molecular complexity index is 1530. The van der Waals surface area contributed by atoms with Crippen LogP contribution in [0.15, 0.2) is 77.8 Å². The van der Waals surface area contributed by atoms with Crippen molar-refractivity contribution in [3.05, 3.63) is 78.5 Å². The number of benzene rings is 2. The largest absolute Gasteiger partial charge is 0.488 e. The molecule has 0 saturated heterocycles. The number of pyridine rings is 1. The Kier molecular flexibility index (Phi) is 8.68. The van der Waals surface area contributed by atoms with Gasteiger partial charge in [0.15, 0.2) is 9.84 Å². The molecule has 10 heteroatoms. The number of H-pyrrole nitrogens is 1. The highest BCUT2D eigenvalue weighted by atomic mass is 32.2. The summed E-state index contributed by atoms with van der Waals surface area (Å²) in [6.45, 7) is 4.36. The van der Waals surface area contributed by atoms with Crippen molar-refractivity contribution in [3.8, 4) is 39.9 Å². The summed E-state index contributed by atoms with van der Waals surface area (Å²) >= 11 is 0. The van der Waals surface area contributed by atoms with E-state index in [1.54, 1.807) is 44.4 Å². The third-order valence-corrected chi connectivity index (χ3v) is 6.78. The first-order chi connectivity index (χ1) is 18.7. The third kappa shape index (κ3) is 7.24. The number of nitrogens with one attached hydrogen (secondary N) is 1. The van der Waals surface area contributed by atoms with Crippen LogP contribution in [0.2, 0.25) is 0 Å². The Labute approximate surface area is 227 Å². The average Bonchev–Trinajstić information content (AvgIpc) is 3.39. The van der Waals surface area contributed by atoms with Crippen LogP contribution in [0.5, 0.6) is 17.2 Å². The first-order valence-electron chi connectivity index (χ1n) is 12.3. The first kappa shape index (κ1) is 27.9. The van der Waals surface area contributed by atoms with Gasteiger partial charge < -0.3 is 23.9 Å². The van der Waals surface area contributed by atoms with Crippen LogP contribution in [0.3, 0.4) is 0 Å². The maximum atomic E-state index is 11.9. The molecule has 0 fully saturated rings. The van der Waals surface area contributed by atoms with Crippen LogP contribution in [0.25, 0.3) is 22.6 Å². The Hall–Kier alpha value is -4.15. The lowest BCUT2D eigenvalue weighted by Gasteiger charge is -2.16. The number of carbonyl (C=O) groups is 1. The molecule has 0 amide bonds. The van der Waals surface area contributed by atoms with Crippen molar-refractivity contribution in [2.24, 2.45) is 0 Å². The number of ether oxygens (including phenoxy) is 4. The Balaban J connectivity index is 1.63. The molecule has 0 aliphatic rings. The molecule has 9 nitrogen and oxygen atoms in total. The van der Waals surface area contributed by atoms with Gasteiger partial charge in [-0.25, -0.2) is 13.2 Å². The van der Waals surface area contributed by atoms with Gasteiger partial charge in [-0.15, -0.1) is 0 Å². The zero-order valence-electron chi connectivity index (χ0n) is 22.1. The summed E-state index contributed by atoms with van der Waals surface area (Å²) in [5, 5.41) is 0. The number of rotatable bonds is 11. The van der Waals surface area contributed by atoms with Crippen LogP contribution in [-0.4, -0.2) is 57.0 Å². The molecule has 2 aromatic carbocycles. The fourth-order valence-electron chi connectivity index (χ4n) is 3.85. The van der Waals surface area contributed by atoms with E-state index >= 15 is 0 Å². The number of aromatic amines is 1. The second kappa shape index (κ2) is 12.1. The van der Waals surface area contributed by atoms with Crippen molar-refractivity contribution in [2.45, 2.75) is 24.8 Å². The molecule has 1 atom stereocenters. The van der Waals surface area contributed by atoms with E-state index in [0.29, 0.717) is 41.7 Å². The van der Waals surface area contributed by atoms with Gasteiger partial charge in [0, 0.05) is 36.9 Å². The summed E-state index contributed by atoms with van der Waals surface area (Å²) in [5.41, 5.74) is 3.41. The molecule has 0 aliphatic carbocycles. The minimum Gasteiger partial charge on any atom is -0.488 e. The van der Waals surface area contributed by atoms with Gasteiger partial charge in [0.25, 0.3) is 0 Å². The molecule has 0 spiro atoms. The summed E-state index contributed by atoms with van der Waals surface area (Å²) in [7, 11) is -1.70. The van der Waals surface area contributed by atoms with Gasteiger partial charge in [-0.05, 0) is 74.5 Å². The van der Waals surface area contributed by atoms with Crippen molar-refractivity contribution >= 4 is 15.8 Å². The second-order valence-corrected chi connectivity index (χ2v) is 10.9. The fourth-order valence-corrected chi connectivity index (χ4v) is 4.48. The number of hydrogen-bond donors (Lipinski definition) is 1. The summed E-state index contributed by atoms with van der Waals surface area (Å²) in [4.78, 5) is 19.9. The monoisotopic (exact) mass is 550 g/mol. The quantitative estimate of drug-likeness (QED) is 0.242. The average molecular weight is 551 g/mol. The van der Waals surface area contributed by atoms with Gasteiger partial charge in [-0.2, -0.15) is 0 Å². The summed E-state index contributed by atoms with van der Waals surface area (Å²) < 4.78 is 45.9. The maximum absolute atomic E-state index is 11.9. The van der Waals surface area contributed by atoms with Gasteiger partial charge in [0.1, 0.15) is 23.4 Å². The van der Waals surface area contributed by atoms with E-state index in [2.05, 4.69) is 9.97 Å². The minimum atomic E-state index is -3.31. The number of hydrogen-bond acceptors (Lipinski definition) is 8. The topological polar surface area (TPSA) is 117 Å². The van der Waals surface area contributed by atoms with Crippen LogP contribution in [-0.2, 0) is 19.3 Å². The predicted octanol–water partition coefficient (Wildman–Crippen LogP) is 5.53. The molecular formula is C29H30N2O7S. The van der Waals surface area contributed by atoms with E-state index in [4.69, 9.17) is 18.9 Å². The van der Waals surface area contributed by atoms with Crippen LogP contribution < -0.4 is 9.47 Å². The number of nitrogens with zero attached hydrogens (tertiary/aromatic N) is 1. The Morgan fingerprint density at radius 2 is 1.67 bits per heavy atom. The standard InChI is InChI=1S/C29H30N2O7S/c1-5-36-29(32)20-6-11-27(30-17-20)28-13-12-26(31-28)21-14-23(37-19(2)18-35-3)16-24(15-21)38-22-7-9-25(10-8-22)39(4,33)34/h6-17,19,31H,5,18H2,1-4H3/t19-/m0/s1. The highest BCUT2D eigenvalue weighted by Gasteiger charge is 2.14. The molecule has 0 saturated carbocycles. The molecule has 0 unspecified atom stereocenters. The van der Waals surface area contributed by atoms with E-state index in [0.717, 1.165) is 23.2 Å². The van der Waals surface area contributed by atoms with E-state index in [1.807, 2.05) is 31.2 Å². The second-order valence-electron chi connectivity index (χ2n) is 8.86. The molecule has 4 rings (SSSR count). The van der Waals surface area contributed by atoms with Gasteiger partial charge in [0.05, 0.1) is 35.1 Å². The molecule has 204 valence electrons. The lowest BCUT2D eigenvalue weighted by Crippen LogP contribution is -2.17. The van der Waals surface area contributed by atoms with Gasteiger partial charge in [-0.3, -0.25) is 4.98 Å². The Morgan fingerprint density at radius 3 is 2.31 bits per heavy atom. The molecule has 4 aromatic rings. The predicted molar refractivity (Wildman–Crippen MR) is 147 cm³/mol. The molecule has 0 bridgehead atoms. The van der Waals surface area contributed by atoms with Gasteiger partial charge in [0.2, 0.25) is 0 Å². The van der Waals surface area contributed by atoms with E-state index in [-0.39, 0.29) is 11.0 Å². The maximum Gasteiger partial charge on any atom is 0.339 e. The molecule has 2 heterocycles. The first-order valence-corrected chi connectivity index (χ1v) is 14.2. The van der Waals surface area contributed by atoms with Crippen molar-refractivity contribution in [3.63, 3.8) is 0 Å². The zero-order valence-corrected chi connectivity index (χ0v) is 22.9. The van der Waals surface area contributed by atoms with Crippen LogP contribution in [0.1, 0.15) is 24.2 Å². The van der Waals surface area contributed by atoms with Crippen molar-refractivity contribution in [1.82, 2.24) is 9.97 Å². The molecule has 2 aromatic heterocycles. The smallest absolute Gasteiger partial charge is 0.339 e. The van der Waals surface area contributed by atoms with E-state index < -0.39 is 15.8 Å². The van der Waals surface area contributed by atoms with Crippen LogP contribution in [0, 0.1) is 0 Å². The van der Waals surface area contributed by atoms with Crippen LogP contribution in [0.4, 0.5) is 0 Å². The number of carbonyl (C=O) groups excluding carboxylic acids is 1. The van der Waals surface area contributed by atoms with E-state index in [1.165, 1.54) is 18.3 Å². The highest BCUT2D eigenvalue weighted by Crippen LogP contribution is 2.34. The molecule has 1 N–H and O–H groups in total. The van der Waals surface area contributed by atoms with Crippen LogP contribution >= 0.6 is 0 Å². The normalized spacial score (nSPS) is 12.1. The molecular weight excluding hydrogens is 520 g/mol. The van der Waals surface area contributed by atoms with E-state index in [9.17, 15) is 13.2 Å². The van der Waals surface area contributed by atoms with Crippen molar-refractivity contribution in [2.75, 3.05) is 26.6 Å². The summed E-state index contributed by atoms with van der Waals surface area (Å²) in [6, 6.07) is 19.0.